The third-order valence-corrected chi connectivity index (χ3v) is 16.9. The zero-order chi connectivity index (χ0) is 30.4. The van der Waals surface area contributed by atoms with E-state index in [1.165, 1.54) is 79.6 Å². The molecule has 8 aromatic rings. The first kappa shape index (κ1) is 26.4. The molecule has 2 aliphatic heterocycles. The molecule has 0 unspecified atom stereocenters. The lowest BCUT2D eigenvalue weighted by molar-refractivity contribution is 1.31. The molecule has 0 spiro atoms. The van der Waals surface area contributed by atoms with Crippen LogP contribution in [-0.4, -0.2) is 14.8 Å². The summed E-state index contributed by atoms with van der Waals surface area (Å²) in [5, 5.41) is 14.1. The van der Waals surface area contributed by atoms with E-state index in [1.807, 2.05) is 11.8 Å². The Morgan fingerprint density at radius 3 is 1.70 bits per heavy atom. The van der Waals surface area contributed by atoms with Gasteiger partial charge >= 0.3 is 0 Å². The van der Waals surface area contributed by atoms with Crippen molar-refractivity contribution in [3.63, 3.8) is 0 Å². The van der Waals surface area contributed by atoms with Crippen molar-refractivity contribution >= 4 is 96.0 Å². The number of hydrogen-bond donors (Lipinski definition) is 0. The second kappa shape index (κ2) is 9.83. The number of benzene rings is 8. The van der Waals surface area contributed by atoms with Crippen LogP contribution in [0.3, 0.4) is 0 Å². The van der Waals surface area contributed by atoms with Gasteiger partial charge < -0.3 is 0 Å². The van der Waals surface area contributed by atoms with Gasteiger partial charge in [0.1, 0.15) is 0 Å². The van der Waals surface area contributed by atoms with E-state index in [0.717, 1.165) is 0 Å². The summed E-state index contributed by atoms with van der Waals surface area (Å²) in [4.78, 5) is 2.82. The maximum Gasteiger partial charge on any atom is 0.243 e. The Balaban J connectivity index is 1.50. The predicted octanol–water partition coefficient (Wildman–Crippen LogP) is 6.13. The molecule has 0 bridgehead atoms. The molecule has 0 radical (unpaired) electrons. The van der Waals surface area contributed by atoms with Crippen LogP contribution >= 0.6 is 11.8 Å². The van der Waals surface area contributed by atoms with Crippen molar-refractivity contribution < 1.29 is 0 Å². The highest BCUT2D eigenvalue weighted by molar-refractivity contribution is 8.00. The Morgan fingerprint density at radius 1 is 0.457 bits per heavy atom. The molecular weight excluding hydrogens is 587 g/mol. The Bertz CT molecular complexity index is 2460. The van der Waals surface area contributed by atoms with Crippen molar-refractivity contribution in [1.29, 1.82) is 0 Å². The minimum absolute atomic E-state index is 0.188. The molecule has 8 aromatic carbocycles. The molecule has 0 atom stereocenters. The maximum absolute atomic E-state index is 2.97. The van der Waals surface area contributed by atoms with Crippen LogP contribution in [0.2, 0.25) is 0 Å². The summed E-state index contributed by atoms with van der Waals surface area (Å²) < 4.78 is 0. The van der Waals surface area contributed by atoms with Crippen molar-refractivity contribution in [1.82, 2.24) is 0 Å². The SMILES string of the molecule is Cc1cccc2c1Sc1cccc3c1B2c1ccc2ccccc2c1[Si]3(c1cccc2ccccc12)c1cccc2ccccc12. The molecule has 46 heavy (non-hydrogen) atoms. The quantitative estimate of drug-likeness (QED) is 0.211. The topological polar surface area (TPSA) is 0 Å². The summed E-state index contributed by atoms with van der Waals surface area (Å²) >= 11 is 1.98. The van der Waals surface area contributed by atoms with Crippen molar-refractivity contribution in [2.45, 2.75) is 16.7 Å². The van der Waals surface area contributed by atoms with Crippen LogP contribution in [0, 0.1) is 6.92 Å². The Kier molecular flexibility index (Phi) is 5.64. The van der Waals surface area contributed by atoms with Crippen LogP contribution in [0.1, 0.15) is 5.56 Å². The minimum atomic E-state index is -2.97. The number of hydrogen-bond acceptors (Lipinski definition) is 1. The van der Waals surface area contributed by atoms with E-state index in [9.17, 15) is 0 Å². The summed E-state index contributed by atoms with van der Waals surface area (Å²) in [6.07, 6.45) is 0. The molecule has 2 heterocycles. The molecule has 0 fully saturated rings. The van der Waals surface area contributed by atoms with E-state index in [0.29, 0.717) is 0 Å². The monoisotopic (exact) mass is 616 g/mol. The normalized spacial score (nSPS) is 14.2. The molecule has 2 aliphatic rings. The molecule has 0 N–H and O–H groups in total. The molecule has 3 heteroatoms. The van der Waals surface area contributed by atoms with Gasteiger partial charge in [-0.2, -0.15) is 0 Å². The van der Waals surface area contributed by atoms with Crippen LogP contribution < -0.4 is 37.1 Å². The third-order valence-electron chi connectivity index (χ3n) is 10.6. The predicted molar refractivity (Wildman–Crippen MR) is 203 cm³/mol. The van der Waals surface area contributed by atoms with Gasteiger partial charge in [0, 0.05) is 9.79 Å². The summed E-state index contributed by atoms with van der Waals surface area (Å²) in [5.41, 5.74) is 5.79. The van der Waals surface area contributed by atoms with Gasteiger partial charge in [-0.3, -0.25) is 0 Å². The maximum atomic E-state index is 2.51. The third kappa shape index (κ3) is 3.42. The highest BCUT2D eigenvalue weighted by Gasteiger charge is 2.53. The van der Waals surface area contributed by atoms with Gasteiger partial charge in [-0.15, -0.1) is 0 Å². The van der Waals surface area contributed by atoms with E-state index >= 15 is 0 Å². The van der Waals surface area contributed by atoms with Gasteiger partial charge in [0.2, 0.25) is 6.71 Å². The average molecular weight is 617 g/mol. The molecule has 0 saturated heterocycles. The Morgan fingerprint density at radius 2 is 1.00 bits per heavy atom. The zero-order valence-corrected chi connectivity index (χ0v) is 27.3. The first-order valence-corrected chi connectivity index (χ1v) is 19.0. The first-order valence-electron chi connectivity index (χ1n) is 16.1. The minimum Gasteiger partial charge on any atom is -0.0909 e. The zero-order valence-electron chi connectivity index (χ0n) is 25.5. The Hall–Kier alpha value is -4.83. The van der Waals surface area contributed by atoms with Crippen molar-refractivity contribution in [3.05, 3.63) is 163 Å². The molecule has 0 nitrogen and oxygen atoms in total. The lowest BCUT2D eigenvalue weighted by Crippen LogP contribution is -2.87. The number of rotatable bonds is 2. The fraction of sp³-hybridized carbons (Fsp3) is 0.0233. The van der Waals surface area contributed by atoms with Gasteiger partial charge in [-0.25, -0.2) is 0 Å². The van der Waals surface area contributed by atoms with E-state index in [1.54, 1.807) is 5.19 Å². The molecule has 10 rings (SSSR count). The second-order valence-corrected chi connectivity index (χ2v) is 17.5. The summed E-state index contributed by atoms with van der Waals surface area (Å²) in [5.74, 6) is 0. The number of aryl methyl sites for hydroxylation is 1. The standard InChI is InChI=1S/C43H29BSSi/c1-28-12-8-21-35-42(28)45-37-22-11-25-40-41(37)44(35)36-27-26-31-15-4-7-20-34(31)43(36)46(40,38-23-9-16-29-13-2-5-18-32(29)38)39-24-10-17-30-14-3-6-19-33(30)39/h2-27H,1H3. The summed E-state index contributed by atoms with van der Waals surface area (Å²) in [6, 6.07) is 60.4. The highest BCUT2D eigenvalue weighted by atomic mass is 32.2. The van der Waals surface area contributed by atoms with E-state index < -0.39 is 8.07 Å². The van der Waals surface area contributed by atoms with Gasteiger partial charge in [0.25, 0.3) is 0 Å². The summed E-state index contributed by atoms with van der Waals surface area (Å²) in [7, 11) is -2.97. The van der Waals surface area contributed by atoms with Crippen molar-refractivity contribution in [3.8, 4) is 0 Å². The van der Waals surface area contributed by atoms with Crippen molar-refractivity contribution in [2.24, 2.45) is 0 Å². The number of fused-ring (bicyclic) bond motifs is 8. The van der Waals surface area contributed by atoms with E-state index in [-0.39, 0.29) is 6.71 Å². The molecular formula is C43H29BSSi. The lowest BCUT2D eigenvalue weighted by Gasteiger charge is -2.46. The van der Waals surface area contributed by atoms with E-state index in [4.69, 9.17) is 0 Å². The van der Waals surface area contributed by atoms with E-state index in [2.05, 4.69) is 165 Å². The van der Waals surface area contributed by atoms with Crippen LogP contribution in [-0.2, 0) is 0 Å². The van der Waals surface area contributed by atoms with Crippen LogP contribution in [0.4, 0.5) is 0 Å². The molecule has 0 saturated carbocycles. The van der Waals surface area contributed by atoms with Crippen LogP contribution in [0.5, 0.6) is 0 Å². The fourth-order valence-corrected chi connectivity index (χ4v) is 16.1. The van der Waals surface area contributed by atoms with Gasteiger partial charge in [0.15, 0.2) is 8.07 Å². The highest BCUT2D eigenvalue weighted by Crippen LogP contribution is 2.34. The van der Waals surface area contributed by atoms with Gasteiger partial charge in [0.05, 0.1) is 0 Å². The van der Waals surface area contributed by atoms with Crippen LogP contribution in [0.15, 0.2) is 168 Å². The molecule has 0 aromatic heterocycles. The van der Waals surface area contributed by atoms with Crippen molar-refractivity contribution in [2.75, 3.05) is 0 Å². The van der Waals surface area contributed by atoms with Gasteiger partial charge in [-0.1, -0.05) is 180 Å². The Labute approximate surface area is 274 Å². The van der Waals surface area contributed by atoms with Gasteiger partial charge in [-0.05, 0) is 71.6 Å². The smallest absolute Gasteiger partial charge is 0.0909 e. The fourth-order valence-electron chi connectivity index (χ4n) is 8.78. The average Bonchev–Trinajstić information content (AvgIpc) is 3.11. The molecule has 0 amide bonds. The summed E-state index contributed by atoms with van der Waals surface area (Å²) in [6.45, 7) is 2.46. The van der Waals surface area contributed by atoms with Crippen LogP contribution in [0.25, 0.3) is 32.3 Å². The largest absolute Gasteiger partial charge is 0.243 e. The lowest BCUT2D eigenvalue weighted by atomic mass is 9.36. The first-order chi connectivity index (χ1) is 22.7. The second-order valence-electron chi connectivity index (χ2n) is 12.8. The molecule has 0 aliphatic carbocycles. The molecule has 214 valence electrons.